The third-order valence-electron chi connectivity index (χ3n) is 6.37. The van der Waals surface area contributed by atoms with Gasteiger partial charge < -0.3 is 31.5 Å². The fourth-order valence-corrected chi connectivity index (χ4v) is 4.48. The van der Waals surface area contributed by atoms with Gasteiger partial charge in [-0.05, 0) is 30.4 Å². The zero-order valence-electron chi connectivity index (χ0n) is 20.6. The predicted octanol–water partition coefficient (Wildman–Crippen LogP) is 0.227. The average Bonchev–Trinajstić information content (AvgIpc) is 3.39. The van der Waals surface area contributed by atoms with Crippen LogP contribution >= 0.6 is 0 Å². The lowest BCUT2D eigenvalue weighted by Crippen LogP contribution is -2.54. The second kappa shape index (κ2) is 13.5. The third kappa shape index (κ3) is 8.12. The van der Waals surface area contributed by atoms with Crippen molar-refractivity contribution >= 4 is 23.7 Å². The summed E-state index contributed by atoms with van der Waals surface area (Å²) in [5.41, 5.74) is 7.34. The number of hydrogen-bond donors (Lipinski definition) is 5. The summed E-state index contributed by atoms with van der Waals surface area (Å²) >= 11 is 0. The fraction of sp³-hybridized carbons (Fsp3) is 0.407. The van der Waals surface area contributed by atoms with Crippen LogP contribution in [0.15, 0.2) is 60.7 Å². The van der Waals surface area contributed by atoms with Crippen LogP contribution in [0.25, 0.3) is 0 Å². The van der Waals surface area contributed by atoms with E-state index in [1.165, 1.54) is 4.90 Å². The van der Waals surface area contributed by atoms with Crippen LogP contribution in [-0.2, 0) is 32.0 Å². The van der Waals surface area contributed by atoms with Gasteiger partial charge >= 0.3 is 5.97 Å². The van der Waals surface area contributed by atoms with E-state index in [4.69, 9.17) is 5.73 Å². The number of carbonyl (C=O) groups excluding carboxylic acids is 3. The molecule has 1 fully saturated rings. The molecule has 0 bridgehead atoms. The normalized spacial score (nSPS) is 17.5. The number of nitrogens with one attached hydrogen (secondary N) is 2. The number of aliphatic hydroxyl groups is 1. The van der Waals surface area contributed by atoms with Crippen LogP contribution in [0.4, 0.5) is 0 Å². The van der Waals surface area contributed by atoms with E-state index >= 15 is 0 Å². The number of carboxylic acid groups (broad SMARTS) is 1. The quantitative estimate of drug-likeness (QED) is 0.273. The molecule has 1 heterocycles. The highest BCUT2D eigenvalue weighted by Gasteiger charge is 2.37. The van der Waals surface area contributed by atoms with Crippen molar-refractivity contribution in [2.75, 3.05) is 13.2 Å². The highest BCUT2D eigenvalue weighted by molar-refractivity contribution is 5.91. The van der Waals surface area contributed by atoms with E-state index in [0.29, 0.717) is 25.8 Å². The van der Waals surface area contributed by atoms with Crippen LogP contribution in [-0.4, -0.2) is 76.1 Å². The Labute approximate surface area is 215 Å². The van der Waals surface area contributed by atoms with Crippen molar-refractivity contribution in [3.8, 4) is 0 Å². The molecule has 10 nitrogen and oxygen atoms in total. The number of hydrogen-bond acceptors (Lipinski definition) is 6. The van der Waals surface area contributed by atoms with Gasteiger partial charge in [0.2, 0.25) is 17.7 Å². The Morgan fingerprint density at radius 1 is 0.946 bits per heavy atom. The summed E-state index contributed by atoms with van der Waals surface area (Å²) in [4.78, 5) is 51.9. The van der Waals surface area contributed by atoms with Gasteiger partial charge in [0.1, 0.15) is 18.1 Å². The molecule has 10 heteroatoms. The summed E-state index contributed by atoms with van der Waals surface area (Å²) in [6.07, 6.45) is 1.33. The lowest BCUT2D eigenvalue weighted by Gasteiger charge is -2.28. The SMILES string of the molecule is NC(CO)C(=O)NC(CC(=O)NC(Cc1ccccc1)C(=O)N1CCCC1C(=O)O)Cc1ccccc1. The van der Waals surface area contributed by atoms with Crippen molar-refractivity contribution in [3.63, 3.8) is 0 Å². The number of rotatable bonds is 12. The molecular weight excluding hydrogens is 476 g/mol. The first-order valence-electron chi connectivity index (χ1n) is 12.4. The van der Waals surface area contributed by atoms with Gasteiger partial charge in [0.15, 0.2) is 0 Å². The first-order valence-corrected chi connectivity index (χ1v) is 12.4. The Hall–Kier alpha value is -3.76. The molecule has 0 aliphatic carbocycles. The number of carboxylic acids is 1. The second-order valence-electron chi connectivity index (χ2n) is 9.23. The van der Waals surface area contributed by atoms with E-state index in [2.05, 4.69) is 10.6 Å². The van der Waals surface area contributed by atoms with Crippen LogP contribution in [0.1, 0.15) is 30.4 Å². The molecule has 37 heavy (non-hydrogen) atoms. The molecule has 1 aliphatic heterocycles. The number of nitrogens with zero attached hydrogens (tertiary/aromatic N) is 1. The fourth-order valence-electron chi connectivity index (χ4n) is 4.48. The van der Waals surface area contributed by atoms with Crippen LogP contribution in [0, 0.1) is 0 Å². The highest BCUT2D eigenvalue weighted by atomic mass is 16.4. The van der Waals surface area contributed by atoms with E-state index in [-0.39, 0.29) is 12.8 Å². The monoisotopic (exact) mass is 510 g/mol. The molecule has 3 amide bonds. The minimum absolute atomic E-state index is 0.139. The third-order valence-corrected chi connectivity index (χ3v) is 6.37. The van der Waals surface area contributed by atoms with Gasteiger partial charge in [0, 0.05) is 25.4 Å². The number of nitrogens with two attached hydrogens (primary N) is 1. The topological polar surface area (TPSA) is 162 Å². The molecule has 2 aromatic rings. The first kappa shape index (κ1) is 27.8. The molecule has 1 saturated heterocycles. The smallest absolute Gasteiger partial charge is 0.326 e. The summed E-state index contributed by atoms with van der Waals surface area (Å²) in [5.74, 6) is -2.58. The van der Waals surface area contributed by atoms with Crippen molar-refractivity contribution in [2.45, 2.75) is 56.3 Å². The first-order chi connectivity index (χ1) is 17.8. The van der Waals surface area contributed by atoms with Crippen molar-refractivity contribution in [3.05, 3.63) is 71.8 Å². The molecular formula is C27H34N4O6. The maximum absolute atomic E-state index is 13.4. The van der Waals surface area contributed by atoms with Crippen LogP contribution in [0.2, 0.25) is 0 Å². The van der Waals surface area contributed by atoms with Crippen LogP contribution in [0.5, 0.6) is 0 Å². The van der Waals surface area contributed by atoms with Gasteiger partial charge in [0.25, 0.3) is 0 Å². The molecule has 1 aliphatic rings. The predicted molar refractivity (Wildman–Crippen MR) is 136 cm³/mol. The molecule has 3 rings (SSSR count). The number of likely N-dealkylation sites (tertiary alicyclic amines) is 1. The lowest BCUT2D eigenvalue weighted by atomic mass is 10.0. The Balaban J connectivity index is 1.76. The minimum atomic E-state index is -1.13. The number of amides is 3. The summed E-state index contributed by atoms with van der Waals surface area (Å²) < 4.78 is 0. The zero-order valence-corrected chi connectivity index (χ0v) is 20.6. The number of aliphatic carboxylic acids is 1. The van der Waals surface area contributed by atoms with Crippen LogP contribution < -0.4 is 16.4 Å². The maximum atomic E-state index is 13.4. The molecule has 4 unspecified atom stereocenters. The molecule has 0 radical (unpaired) electrons. The average molecular weight is 511 g/mol. The molecule has 0 aromatic heterocycles. The van der Waals surface area contributed by atoms with Gasteiger partial charge in [-0.25, -0.2) is 4.79 Å². The summed E-state index contributed by atoms with van der Waals surface area (Å²) in [6, 6.07) is 14.8. The molecule has 2 aromatic carbocycles. The minimum Gasteiger partial charge on any atom is -0.480 e. The van der Waals surface area contributed by atoms with Crippen molar-refractivity contribution in [2.24, 2.45) is 5.73 Å². The van der Waals surface area contributed by atoms with E-state index in [1.807, 2.05) is 60.7 Å². The van der Waals surface area contributed by atoms with E-state index < -0.39 is 54.5 Å². The Kier molecular flexibility index (Phi) is 10.2. The van der Waals surface area contributed by atoms with Gasteiger partial charge in [-0.2, -0.15) is 0 Å². The molecule has 6 N–H and O–H groups in total. The highest BCUT2D eigenvalue weighted by Crippen LogP contribution is 2.20. The number of aliphatic hydroxyl groups excluding tert-OH is 1. The summed E-state index contributed by atoms with van der Waals surface area (Å²) in [6.45, 7) is -0.229. The maximum Gasteiger partial charge on any atom is 0.326 e. The Morgan fingerprint density at radius 2 is 1.54 bits per heavy atom. The van der Waals surface area contributed by atoms with Gasteiger partial charge in [-0.1, -0.05) is 60.7 Å². The van der Waals surface area contributed by atoms with Crippen molar-refractivity contribution in [1.29, 1.82) is 0 Å². The van der Waals surface area contributed by atoms with Gasteiger partial charge in [-0.3, -0.25) is 14.4 Å². The Morgan fingerprint density at radius 3 is 2.11 bits per heavy atom. The Bertz CT molecular complexity index is 1070. The molecule has 0 spiro atoms. The molecule has 0 saturated carbocycles. The molecule has 4 atom stereocenters. The van der Waals surface area contributed by atoms with Crippen LogP contribution in [0.3, 0.4) is 0 Å². The van der Waals surface area contributed by atoms with E-state index in [9.17, 15) is 29.4 Å². The lowest BCUT2D eigenvalue weighted by molar-refractivity contribution is -0.149. The summed E-state index contributed by atoms with van der Waals surface area (Å²) in [7, 11) is 0. The zero-order chi connectivity index (χ0) is 26.8. The van der Waals surface area contributed by atoms with E-state index in [0.717, 1.165) is 11.1 Å². The van der Waals surface area contributed by atoms with Gasteiger partial charge in [-0.15, -0.1) is 0 Å². The largest absolute Gasteiger partial charge is 0.480 e. The summed E-state index contributed by atoms with van der Waals surface area (Å²) in [5, 5.41) is 24.3. The van der Waals surface area contributed by atoms with E-state index in [1.54, 1.807) is 0 Å². The standard InChI is InChI=1S/C27H34N4O6/c28-21(17-32)25(34)29-20(14-18-8-3-1-4-9-18)16-24(33)30-22(15-19-10-5-2-6-11-19)26(35)31-13-7-12-23(31)27(36)37/h1-6,8-11,20-23,32H,7,12-17,28H2,(H,29,34)(H,30,33)(H,36,37). The number of benzene rings is 2. The second-order valence-corrected chi connectivity index (χ2v) is 9.23. The van der Waals surface area contributed by atoms with Crippen molar-refractivity contribution in [1.82, 2.24) is 15.5 Å². The molecule has 198 valence electrons. The van der Waals surface area contributed by atoms with Crippen molar-refractivity contribution < 1.29 is 29.4 Å². The van der Waals surface area contributed by atoms with Gasteiger partial charge in [0.05, 0.1) is 6.61 Å². The number of carbonyl (C=O) groups is 4.